The van der Waals surface area contributed by atoms with Gasteiger partial charge in [-0.05, 0) is 50.8 Å². The van der Waals surface area contributed by atoms with E-state index in [2.05, 4.69) is 25.2 Å². The van der Waals surface area contributed by atoms with Crippen LogP contribution in [0.15, 0.2) is 6.07 Å². The lowest BCUT2D eigenvalue weighted by Gasteiger charge is -2.25. The minimum atomic E-state index is 0.970. The third-order valence-electron chi connectivity index (χ3n) is 3.17. The molecular formula is C12H19NS. The molecular weight excluding hydrogens is 190 g/mol. The Labute approximate surface area is 90.5 Å². The Kier molecular flexibility index (Phi) is 3.24. The van der Waals surface area contributed by atoms with Gasteiger partial charge in [0, 0.05) is 16.3 Å². The molecule has 78 valence electrons. The lowest BCUT2D eigenvalue weighted by molar-refractivity contribution is 0.301. The van der Waals surface area contributed by atoms with Gasteiger partial charge in [0.1, 0.15) is 0 Å². The normalized spacial score (nSPS) is 17.0. The van der Waals surface area contributed by atoms with Crippen LogP contribution in [-0.4, -0.2) is 6.54 Å². The van der Waals surface area contributed by atoms with E-state index in [4.69, 9.17) is 0 Å². The van der Waals surface area contributed by atoms with Crippen molar-refractivity contribution in [1.82, 2.24) is 5.32 Å². The van der Waals surface area contributed by atoms with E-state index in [0.29, 0.717) is 0 Å². The topological polar surface area (TPSA) is 12.0 Å². The number of nitrogens with one attached hydrogen (secondary N) is 1. The molecule has 1 N–H and O–H groups in total. The van der Waals surface area contributed by atoms with Gasteiger partial charge in [-0.1, -0.05) is 6.42 Å². The Bertz CT molecular complexity index is 280. The molecule has 0 atom stereocenters. The highest BCUT2D eigenvalue weighted by atomic mass is 32.1. The van der Waals surface area contributed by atoms with Crippen molar-refractivity contribution in [1.29, 1.82) is 0 Å². The van der Waals surface area contributed by atoms with Crippen LogP contribution < -0.4 is 5.32 Å². The monoisotopic (exact) mass is 209 g/mol. The van der Waals surface area contributed by atoms with E-state index < -0.39 is 0 Å². The van der Waals surface area contributed by atoms with Crippen molar-refractivity contribution in [3.8, 4) is 0 Å². The van der Waals surface area contributed by atoms with Crippen LogP contribution in [0.25, 0.3) is 0 Å². The number of thiophene rings is 1. The third-order valence-corrected chi connectivity index (χ3v) is 4.33. The van der Waals surface area contributed by atoms with Crippen molar-refractivity contribution in [3.05, 3.63) is 21.4 Å². The number of hydrogen-bond acceptors (Lipinski definition) is 2. The first-order chi connectivity index (χ1) is 6.75. The van der Waals surface area contributed by atoms with E-state index in [0.717, 1.165) is 12.5 Å². The number of rotatable bonds is 4. The maximum absolute atomic E-state index is 3.55. The number of aryl methyl sites for hydroxylation is 2. The molecule has 0 spiro atoms. The summed E-state index contributed by atoms with van der Waals surface area (Å²) in [6, 6.07) is 2.31. The summed E-state index contributed by atoms with van der Waals surface area (Å²) in [5, 5.41) is 3.55. The van der Waals surface area contributed by atoms with Crippen LogP contribution >= 0.6 is 11.3 Å². The maximum atomic E-state index is 3.55. The van der Waals surface area contributed by atoms with Crippen LogP contribution in [0, 0.1) is 19.8 Å². The van der Waals surface area contributed by atoms with E-state index >= 15 is 0 Å². The molecule has 1 aromatic heterocycles. The Morgan fingerprint density at radius 2 is 2.21 bits per heavy atom. The molecule has 1 fully saturated rings. The van der Waals surface area contributed by atoms with E-state index in [1.54, 1.807) is 0 Å². The molecule has 1 heterocycles. The van der Waals surface area contributed by atoms with Gasteiger partial charge in [-0.25, -0.2) is 0 Å². The highest BCUT2D eigenvalue weighted by molar-refractivity contribution is 7.12. The summed E-state index contributed by atoms with van der Waals surface area (Å²) in [6.07, 6.45) is 4.33. The molecule has 0 aromatic carbocycles. The van der Waals surface area contributed by atoms with E-state index in [1.165, 1.54) is 41.1 Å². The SMILES string of the molecule is Cc1cc(CNCC2CCC2)sc1C. The molecule has 0 aliphatic heterocycles. The van der Waals surface area contributed by atoms with Crippen molar-refractivity contribution in [2.24, 2.45) is 5.92 Å². The van der Waals surface area contributed by atoms with E-state index in [9.17, 15) is 0 Å². The first-order valence-electron chi connectivity index (χ1n) is 5.52. The summed E-state index contributed by atoms with van der Waals surface area (Å²) < 4.78 is 0. The highest BCUT2D eigenvalue weighted by Gasteiger charge is 2.16. The molecule has 1 aliphatic carbocycles. The largest absolute Gasteiger partial charge is 0.312 e. The van der Waals surface area contributed by atoms with E-state index in [-0.39, 0.29) is 0 Å². The van der Waals surface area contributed by atoms with Crippen LogP contribution in [0.1, 0.15) is 34.6 Å². The third kappa shape index (κ3) is 2.37. The van der Waals surface area contributed by atoms with Crippen LogP contribution in [-0.2, 0) is 6.54 Å². The van der Waals surface area contributed by atoms with Crippen molar-refractivity contribution >= 4 is 11.3 Å². The quantitative estimate of drug-likeness (QED) is 0.802. The van der Waals surface area contributed by atoms with Crippen LogP contribution in [0.5, 0.6) is 0 Å². The maximum Gasteiger partial charge on any atom is 0.0300 e. The Morgan fingerprint density at radius 1 is 1.43 bits per heavy atom. The van der Waals surface area contributed by atoms with Crippen molar-refractivity contribution in [3.63, 3.8) is 0 Å². The summed E-state index contributed by atoms with van der Waals surface area (Å²) >= 11 is 1.93. The Balaban J connectivity index is 1.74. The fourth-order valence-corrected chi connectivity index (χ4v) is 2.86. The lowest BCUT2D eigenvalue weighted by Crippen LogP contribution is -2.26. The summed E-state index contributed by atoms with van der Waals surface area (Å²) in [4.78, 5) is 2.95. The summed E-state index contributed by atoms with van der Waals surface area (Å²) in [5.41, 5.74) is 1.44. The lowest BCUT2D eigenvalue weighted by atomic mass is 9.85. The van der Waals surface area contributed by atoms with Crippen LogP contribution in [0.2, 0.25) is 0 Å². The van der Waals surface area contributed by atoms with E-state index in [1.807, 2.05) is 11.3 Å². The Hall–Kier alpha value is -0.340. The molecule has 1 saturated carbocycles. The predicted molar refractivity (Wildman–Crippen MR) is 62.8 cm³/mol. The predicted octanol–water partition coefficient (Wildman–Crippen LogP) is 3.25. The van der Waals surface area contributed by atoms with Gasteiger partial charge < -0.3 is 5.32 Å². The Morgan fingerprint density at radius 3 is 2.71 bits per heavy atom. The minimum absolute atomic E-state index is 0.970. The first-order valence-corrected chi connectivity index (χ1v) is 6.34. The molecule has 2 rings (SSSR count). The first kappa shape index (κ1) is 10.2. The van der Waals surface area contributed by atoms with Crippen molar-refractivity contribution in [2.45, 2.75) is 39.7 Å². The zero-order valence-electron chi connectivity index (χ0n) is 9.10. The second kappa shape index (κ2) is 4.45. The summed E-state index contributed by atoms with van der Waals surface area (Å²) in [7, 11) is 0. The molecule has 0 unspecified atom stereocenters. The highest BCUT2D eigenvalue weighted by Crippen LogP contribution is 2.25. The smallest absolute Gasteiger partial charge is 0.0300 e. The fraction of sp³-hybridized carbons (Fsp3) is 0.667. The average molecular weight is 209 g/mol. The van der Waals surface area contributed by atoms with Gasteiger partial charge in [0.2, 0.25) is 0 Å². The molecule has 0 saturated heterocycles. The molecule has 2 heteroatoms. The summed E-state index contributed by atoms with van der Waals surface area (Å²) in [5.74, 6) is 0.970. The molecule has 1 aliphatic rings. The van der Waals surface area contributed by atoms with Crippen LogP contribution in [0.4, 0.5) is 0 Å². The molecule has 1 aromatic rings. The molecule has 0 amide bonds. The fourth-order valence-electron chi connectivity index (χ4n) is 1.83. The van der Waals surface area contributed by atoms with Gasteiger partial charge in [-0.15, -0.1) is 11.3 Å². The molecule has 1 nitrogen and oxygen atoms in total. The van der Waals surface area contributed by atoms with Gasteiger partial charge in [-0.2, -0.15) is 0 Å². The van der Waals surface area contributed by atoms with Crippen LogP contribution in [0.3, 0.4) is 0 Å². The van der Waals surface area contributed by atoms with Gasteiger partial charge in [0.15, 0.2) is 0 Å². The molecule has 0 bridgehead atoms. The average Bonchev–Trinajstić information content (AvgIpc) is 2.37. The zero-order chi connectivity index (χ0) is 9.97. The molecule has 0 radical (unpaired) electrons. The molecule has 14 heavy (non-hydrogen) atoms. The second-order valence-corrected chi connectivity index (χ2v) is 5.72. The van der Waals surface area contributed by atoms with Crippen molar-refractivity contribution in [2.75, 3.05) is 6.54 Å². The zero-order valence-corrected chi connectivity index (χ0v) is 9.91. The van der Waals surface area contributed by atoms with Crippen molar-refractivity contribution < 1.29 is 0 Å². The summed E-state index contributed by atoms with van der Waals surface area (Å²) in [6.45, 7) is 6.68. The van der Waals surface area contributed by atoms with Gasteiger partial charge in [0.25, 0.3) is 0 Å². The minimum Gasteiger partial charge on any atom is -0.312 e. The van der Waals surface area contributed by atoms with Gasteiger partial charge in [0.05, 0.1) is 0 Å². The van der Waals surface area contributed by atoms with Gasteiger partial charge >= 0.3 is 0 Å². The standard InChI is InChI=1S/C12H19NS/c1-9-6-12(14-10(9)2)8-13-7-11-4-3-5-11/h6,11,13H,3-5,7-8H2,1-2H3. The second-order valence-electron chi connectivity index (χ2n) is 4.38. The number of hydrogen-bond donors (Lipinski definition) is 1. The van der Waals surface area contributed by atoms with Gasteiger partial charge in [-0.3, -0.25) is 0 Å².